The lowest BCUT2D eigenvalue weighted by Crippen LogP contribution is -2.35. The maximum atomic E-state index is 13.2. The molecule has 0 unspecified atom stereocenters. The first-order valence-electron chi connectivity index (χ1n) is 10.8. The number of halogens is 3. The van der Waals surface area contributed by atoms with E-state index in [9.17, 15) is 22.8 Å². The molecule has 0 N–H and O–H groups in total. The number of amides is 1. The number of benzene rings is 2. The van der Waals surface area contributed by atoms with Crippen molar-refractivity contribution < 1.29 is 18.0 Å². The second-order valence-electron chi connectivity index (χ2n) is 8.21. The highest BCUT2D eigenvalue weighted by molar-refractivity contribution is 7.18. The Balaban J connectivity index is 1.36. The lowest BCUT2D eigenvalue weighted by atomic mass is 10.0. The zero-order valence-corrected chi connectivity index (χ0v) is 18.8. The topological polar surface area (TPSA) is 55.2 Å². The van der Waals surface area contributed by atoms with Gasteiger partial charge in [-0.3, -0.25) is 14.2 Å². The summed E-state index contributed by atoms with van der Waals surface area (Å²) in [7, 11) is 0. The van der Waals surface area contributed by atoms with Gasteiger partial charge in [-0.15, -0.1) is 11.3 Å². The van der Waals surface area contributed by atoms with E-state index in [4.69, 9.17) is 0 Å². The van der Waals surface area contributed by atoms with E-state index in [1.54, 1.807) is 15.8 Å². The van der Waals surface area contributed by atoms with Gasteiger partial charge in [0.1, 0.15) is 4.83 Å². The molecule has 0 radical (unpaired) electrons. The molecular weight excluding hydrogens is 463 g/mol. The quantitative estimate of drug-likeness (QED) is 0.414. The Morgan fingerprint density at radius 2 is 1.79 bits per heavy atom. The molecule has 1 aliphatic rings. The van der Waals surface area contributed by atoms with Crippen molar-refractivity contribution in [3.63, 3.8) is 0 Å². The number of carbonyl (C=O) groups excluding carboxylic acids is 1. The largest absolute Gasteiger partial charge is 0.416 e. The van der Waals surface area contributed by atoms with Crippen LogP contribution in [0.4, 0.5) is 13.2 Å². The van der Waals surface area contributed by atoms with Crippen LogP contribution in [0, 0.1) is 0 Å². The fourth-order valence-electron chi connectivity index (χ4n) is 4.23. The predicted molar refractivity (Wildman–Crippen MR) is 124 cm³/mol. The summed E-state index contributed by atoms with van der Waals surface area (Å²) >= 11 is 1.39. The normalized spacial score (nSPS) is 13.8. The zero-order valence-electron chi connectivity index (χ0n) is 18.0. The van der Waals surface area contributed by atoms with E-state index < -0.39 is 11.7 Å². The molecular formula is C25H20F3N3O2S. The van der Waals surface area contributed by atoms with Gasteiger partial charge in [-0.1, -0.05) is 30.3 Å². The van der Waals surface area contributed by atoms with Gasteiger partial charge in [-0.2, -0.15) is 13.2 Å². The van der Waals surface area contributed by atoms with Crippen molar-refractivity contribution in [2.24, 2.45) is 0 Å². The lowest BCUT2D eigenvalue weighted by molar-refractivity contribution is -0.137. The first-order chi connectivity index (χ1) is 16.3. The van der Waals surface area contributed by atoms with Crippen LogP contribution in [0.5, 0.6) is 0 Å². The molecule has 0 saturated carbocycles. The summed E-state index contributed by atoms with van der Waals surface area (Å²) < 4.78 is 40.1. The van der Waals surface area contributed by atoms with Crippen LogP contribution in [0.15, 0.2) is 65.7 Å². The molecule has 2 aromatic heterocycles. The summed E-state index contributed by atoms with van der Waals surface area (Å²) in [6.45, 7) is 1.21. The average Bonchev–Trinajstić information content (AvgIpc) is 3.22. The highest BCUT2D eigenvalue weighted by Gasteiger charge is 2.31. The summed E-state index contributed by atoms with van der Waals surface area (Å²) in [5.74, 6) is -0.329. The minimum Gasteiger partial charge on any atom is -0.333 e. The van der Waals surface area contributed by atoms with E-state index in [1.165, 1.54) is 23.5 Å². The van der Waals surface area contributed by atoms with Crippen molar-refractivity contribution >= 4 is 27.5 Å². The number of hydrogen-bond donors (Lipinski definition) is 0. The average molecular weight is 484 g/mol. The summed E-state index contributed by atoms with van der Waals surface area (Å²) in [6, 6.07) is 14.2. The molecule has 9 heteroatoms. The Hall–Kier alpha value is -3.46. The van der Waals surface area contributed by atoms with Crippen molar-refractivity contribution in [3.8, 4) is 0 Å². The van der Waals surface area contributed by atoms with Crippen molar-refractivity contribution in [1.82, 2.24) is 14.5 Å². The van der Waals surface area contributed by atoms with Crippen molar-refractivity contribution in [1.29, 1.82) is 0 Å². The van der Waals surface area contributed by atoms with E-state index in [-0.39, 0.29) is 17.0 Å². The van der Waals surface area contributed by atoms with E-state index in [0.29, 0.717) is 36.3 Å². The van der Waals surface area contributed by atoms with Gasteiger partial charge in [0.05, 0.1) is 23.8 Å². The Morgan fingerprint density at radius 1 is 1.06 bits per heavy atom. The molecule has 0 saturated heterocycles. The maximum Gasteiger partial charge on any atom is 0.416 e. The number of fused-ring (bicyclic) bond motifs is 3. The first-order valence-corrected chi connectivity index (χ1v) is 11.6. The third-order valence-corrected chi connectivity index (χ3v) is 7.18. The summed E-state index contributed by atoms with van der Waals surface area (Å²) in [4.78, 5) is 33.7. The number of carbonyl (C=O) groups is 1. The molecule has 1 amide bonds. The van der Waals surface area contributed by atoms with Crippen LogP contribution in [-0.4, -0.2) is 26.9 Å². The Kier molecular flexibility index (Phi) is 5.73. The van der Waals surface area contributed by atoms with Crippen LogP contribution in [0.25, 0.3) is 10.2 Å². The number of aromatic nitrogens is 2. The van der Waals surface area contributed by atoms with Gasteiger partial charge < -0.3 is 4.90 Å². The van der Waals surface area contributed by atoms with Crippen LogP contribution in [-0.2, 0) is 32.1 Å². The molecule has 3 heterocycles. The SMILES string of the molecule is O=C(c1ccc(C(F)(F)F)cc1)N1CCc2c(sc3ncn(CCc4ccccc4)c(=O)c23)C1. The monoisotopic (exact) mass is 483 g/mol. The fraction of sp³-hybridized carbons (Fsp3) is 0.240. The maximum absolute atomic E-state index is 13.2. The van der Waals surface area contributed by atoms with Crippen LogP contribution < -0.4 is 5.56 Å². The summed E-state index contributed by atoms with van der Waals surface area (Å²) in [5, 5.41) is 0.609. The molecule has 5 nitrogen and oxygen atoms in total. The minimum atomic E-state index is -4.44. The van der Waals surface area contributed by atoms with Gasteiger partial charge in [0.2, 0.25) is 0 Å². The first kappa shape index (κ1) is 22.3. The molecule has 0 spiro atoms. The van der Waals surface area contributed by atoms with Gasteiger partial charge in [-0.05, 0) is 48.2 Å². The van der Waals surface area contributed by atoms with Gasteiger partial charge in [0.15, 0.2) is 0 Å². The van der Waals surface area contributed by atoms with E-state index in [1.807, 2.05) is 30.3 Å². The predicted octanol–water partition coefficient (Wildman–Crippen LogP) is 4.92. The lowest BCUT2D eigenvalue weighted by Gasteiger charge is -2.27. The zero-order chi connectivity index (χ0) is 23.9. The van der Waals surface area contributed by atoms with Gasteiger partial charge in [0, 0.05) is 23.5 Å². The van der Waals surface area contributed by atoms with Crippen LogP contribution in [0.3, 0.4) is 0 Å². The number of thiophene rings is 1. The number of aryl methyl sites for hydroxylation is 2. The third-order valence-electron chi connectivity index (χ3n) is 6.06. The molecule has 2 aromatic carbocycles. The minimum absolute atomic E-state index is 0.0825. The van der Waals surface area contributed by atoms with Gasteiger partial charge in [-0.25, -0.2) is 4.98 Å². The Labute approximate surface area is 197 Å². The van der Waals surface area contributed by atoms with Crippen molar-refractivity contribution in [3.05, 3.63) is 98.4 Å². The van der Waals surface area contributed by atoms with E-state index in [0.717, 1.165) is 34.6 Å². The molecule has 1 aliphatic heterocycles. The second-order valence-corrected chi connectivity index (χ2v) is 9.30. The van der Waals surface area contributed by atoms with Crippen LogP contribution in [0.1, 0.15) is 31.9 Å². The summed E-state index contributed by atoms with van der Waals surface area (Å²) in [6.07, 6.45) is -1.66. The van der Waals surface area contributed by atoms with Crippen LogP contribution >= 0.6 is 11.3 Å². The number of alkyl halides is 3. The number of rotatable bonds is 4. The molecule has 0 bridgehead atoms. The third kappa shape index (κ3) is 4.23. The van der Waals surface area contributed by atoms with Crippen molar-refractivity contribution in [2.45, 2.75) is 32.1 Å². The standard InChI is InChI=1S/C25H20F3N3O2S/c26-25(27,28)18-8-6-17(7-9-18)23(32)30-13-11-19-20(14-30)34-22-21(19)24(33)31(15-29-22)12-10-16-4-2-1-3-5-16/h1-9,15H,10-14H2. The van der Waals surface area contributed by atoms with Crippen molar-refractivity contribution in [2.75, 3.05) is 6.54 Å². The molecule has 174 valence electrons. The molecule has 0 aliphatic carbocycles. The molecule has 0 fully saturated rings. The fourth-order valence-corrected chi connectivity index (χ4v) is 5.42. The van der Waals surface area contributed by atoms with Crippen LogP contribution in [0.2, 0.25) is 0 Å². The molecule has 0 atom stereocenters. The summed E-state index contributed by atoms with van der Waals surface area (Å²) in [5.41, 5.74) is 1.39. The second kappa shape index (κ2) is 8.72. The van der Waals surface area contributed by atoms with Gasteiger partial charge >= 0.3 is 6.18 Å². The number of hydrogen-bond acceptors (Lipinski definition) is 4. The highest BCUT2D eigenvalue weighted by Crippen LogP contribution is 2.33. The van der Waals surface area contributed by atoms with E-state index in [2.05, 4.69) is 4.98 Å². The van der Waals surface area contributed by atoms with E-state index >= 15 is 0 Å². The molecule has 5 rings (SSSR count). The number of nitrogens with zero attached hydrogens (tertiary/aromatic N) is 3. The Bertz CT molecular complexity index is 1410. The highest BCUT2D eigenvalue weighted by atomic mass is 32.1. The van der Waals surface area contributed by atoms with Gasteiger partial charge in [0.25, 0.3) is 11.5 Å². The smallest absolute Gasteiger partial charge is 0.333 e. The molecule has 4 aromatic rings. The Morgan fingerprint density at radius 3 is 2.50 bits per heavy atom. The molecule has 34 heavy (non-hydrogen) atoms.